The molecule has 0 unspecified atom stereocenters. The minimum Gasteiger partial charge on any atom is -0.482 e. The molecule has 1 aromatic carbocycles. The lowest BCUT2D eigenvalue weighted by Crippen LogP contribution is -2.45. The number of hydrogen-bond donors (Lipinski definition) is 4. The molecule has 7 nitrogen and oxygen atoms in total. The van der Waals surface area contributed by atoms with Crippen LogP contribution in [0.4, 0.5) is 4.39 Å². The molecule has 2 amide bonds. The predicted molar refractivity (Wildman–Crippen MR) is 90.1 cm³/mol. The zero-order chi connectivity index (χ0) is 18.6. The standard InChI is InChI=1S/C16H18BrFN2O5/c17-10-2-1-9(18)7-12(10)25-13-6-8(5-11(21)15(13)23)16(24)20-4-3-14(19)22/h1-2,6-7,11,13,15,21,23H,3-5H2,(H2,19,22)(H,20,24)/t11-,13-,15-/m1/s1. The Balaban J connectivity index is 2.13. The Labute approximate surface area is 151 Å². The van der Waals surface area contributed by atoms with Crippen molar-refractivity contribution < 1.29 is 28.9 Å². The van der Waals surface area contributed by atoms with Crippen LogP contribution in [0.15, 0.2) is 34.3 Å². The topological polar surface area (TPSA) is 122 Å². The van der Waals surface area contributed by atoms with Crippen molar-refractivity contribution >= 4 is 27.7 Å². The number of primary amides is 1. The molecular weight excluding hydrogens is 399 g/mol. The summed E-state index contributed by atoms with van der Waals surface area (Å²) in [4.78, 5) is 22.8. The highest BCUT2D eigenvalue weighted by atomic mass is 79.9. The van der Waals surface area contributed by atoms with Gasteiger partial charge in [-0.15, -0.1) is 0 Å². The van der Waals surface area contributed by atoms with Crippen LogP contribution < -0.4 is 15.8 Å². The molecule has 5 N–H and O–H groups in total. The second-order valence-corrected chi connectivity index (χ2v) is 6.44. The molecule has 0 aliphatic heterocycles. The van der Waals surface area contributed by atoms with E-state index in [1.54, 1.807) is 0 Å². The van der Waals surface area contributed by atoms with Gasteiger partial charge in [-0.3, -0.25) is 9.59 Å². The quantitative estimate of drug-likeness (QED) is 0.533. The van der Waals surface area contributed by atoms with Gasteiger partial charge in [0.2, 0.25) is 11.8 Å². The smallest absolute Gasteiger partial charge is 0.247 e. The fraction of sp³-hybridized carbons (Fsp3) is 0.375. The van der Waals surface area contributed by atoms with Crippen LogP contribution in [0.2, 0.25) is 0 Å². The fourth-order valence-corrected chi connectivity index (χ4v) is 2.67. The number of carbonyl (C=O) groups excluding carboxylic acids is 2. The van der Waals surface area contributed by atoms with Gasteiger partial charge in [-0.25, -0.2) is 4.39 Å². The van der Waals surface area contributed by atoms with Crippen molar-refractivity contribution in [2.75, 3.05) is 6.54 Å². The Kier molecular flexibility index (Phi) is 6.51. The summed E-state index contributed by atoms with van der Waals surface area (Å²) in [6, 6.07) is 3.80. The maximum atomic E-state index is 13.4. The lowest BCUT2D eigenvalue weighted by molar-refractivity contribution is -0.119. The van der Waals surface area contributed by atoms with E-state index < -0.39 is 35.9 Å². The normalized spacial score (nSPS) is 22.9. The average molecular weight is 417 g/mol. The monoisotopic (exact) mass is 416 g/mol. The van der Waals surface area contributed by atoms with E-state index in [-0.39, 0.29) is 30.7 Å². The van der Waals surface area contributed by atoms with Crippen molar-refractivity contribution in [2.45, 2.75) is 31.2 Å². The number of nitrogens with two attached hydrogens (primary N) is 1. The SMILES string of the molecule is NC(=O)CCNC(=O)C1=C[C@@H](Oc2cc(F)ccc2Br)[C@H](O)[C@H](O)C1. The summed E-state index contributed by atoms with van der Waals surface area (Å²) >= 11 is 3.20. The van der Waals surface area contributed by atoms with Crippen molar-refractivity contribution in [3.05, 3.63) is 40.1 Å². The Bertz CT molecular complexity index is 697. The highest BCUT2D eigenvalue weighted by molar-refractivity contribution is 9.10. The molecule has 1 aromatic rings. The number of nitrogens with one attached hydrogen (secondary N) is 1. The van der Waals surface area contributed by atoms with Gasteiger partial charge in [0.15, 0.2) is 0 Å². The largest absolute Gasteiger partial charge is 0.482 e. The van der Waals surface area contributed by atoms with E-state index in [9.17, 15) is 24.2 Å². The first kappa shape index (κ1) is 19.4. The number of aliphatic hydroxyl groups is 2. The Hall–Kier alpha value is -1.97. The molecule has 0 saturated heterocycles. The molecule has 0 fully saturated rings. The van der Waals surface area contributed by atoms with Crippen molar-refractivity contribution in [1.82, 2.24) is 5.32 Å². The van der Waals surface area contributed by atoms with E-state index in [0.29, 0.717) is 4.47 Å². The van der Waals surface area contributed by atoms with Gasteiger partial charge in [0, 0.05) is 31.0 Å². The van der Waals surface area contributed by atoms with E-state index in [4.69, 9.17) is 10.5 Å². The second kappa shape index (κ2) is 8.41. The van der Waals surface area contributed by atoms with E-state index in [1.165, 1.54) is 18.2 Å². The van der Waals surface area contributed by atoms with Crippen LogP contribution in [0.5, 0.6) is 5.75 Å². The van der Waals surface area contributed by atoms with Crippen molar-refractivity contribution in [1.29, 1.82) is 0 Å². The van der Waals surface area contributed by atoms with Crippen LogP contribution in [0, 0.1) is 5.82 Å². The molecule has 3 atom stereocenters. The van der Waals surface area contributed by atoms with E-state index in [2.05, 4.69) is 21.2 Å². The summed E-state index contributed by atoms with van der Waals surface area (Å²) < 4.78 is 19.4. The van der Waals surface area contributed by atoms with E-state index >= 15 is 0 Å². The molecule has 0 saturated carbocycles. The van der Waals surface area contributed by atoms with Crippen LogP contribution in [-0.4, -0.2) is 46.9 Å². The first-order chi connectivity index (χ1) is 11.8. The van der Waals surface area contributed by atoms with Gasteiger partial charge >= 0.3 is 0 Å². The number of rotatable bonds is 6. The molecule has 25 heavy (non-hydrogen) atoms. The maximum absolute atomic E-state index is 13.4. The Morgan fingerprint density at radius 3 is 2.80 bits per heavy atom. The van der Waals surface area contributed by atoms with Crippen LogP contribution >= 0.6 is 15.9 Å². The van der Waals surface area contributed by atoms with Gasteiger partial charge in [-0.2, -0.15) is 0 Å². The molecule has 2 rings (SSSR count). The summed E-state index contributed by atoms with van der Waals surface area (Å²) in [7, 11) is 0. The van der Waals surface area contributed by atoms with Crippen LogP contribution in [0.1, 0.15) is 12.8 Å². The first-order valence-electron chi connectivity index (χ1n) is 7.53. The third kappa shape index (κ3) is 5.25. The number of amides is 2. The molecule has 0 bridgehead atoms. The summed E-state index contributed by atoms with van der Waals surface area (Å²) in [6.45, 7) is 0.0606. The number of hydrogen-bond acceptors (Lipinski definition) is 5. The summed E-state index contributed by atoms with van der Waals surface area (Å²) in [5.41, 5.74) is 5.19. The van der Waals surface area contributed by atoms with Gasteiger partial charge in [-0.05, 0) is 34.1 Å². The number of aliphatic hydroxyl groups excluding tert-OH is 2. The third-order valence-corrected chi connectivity index (χ3v) is 4.29. The lowest BCUT2D eigenvalue weighted by Gasteiger charge is -2.31. The average Bonchev–Trinajstić information content (AvgIpc) is 2.54. The van der Waals surface area contributed by atoms with Gasteiger partial charge in [0.1, 0.15) is 23.8 Å². The molecular formula is C16H18BrFN2O5. The van der Waals surface area contributed by atoms with Crippen molar-refractivity contribution in [2.24, 2.45) is 5.73 Å². The van der Waals surface area contributed by atoms with Crippen molar-refractivity contribution in [3.63, 3.8) is 0 Å². The molecule has 136 valence electrons. The molecule has 1 aliphatic rings. The molecule has 1 aliphatic carbocycles. The summed E-state index contributed by atoms with van der Waals surface area (Å²) in [5, 5.41) is 22.6. The molecule has 0 spiro atoms. The van der Waals surface area contributed by atoms with Crippen LogP contribution in [0.3, 0.4) is 0 Å². The molecule has 9 heteroatoms. The molecule has 0 aromatic heterocycles. The lowest BCUT2D eigenvalue weighted by atomic mass is 9.91. The number of halogens is 2. The summed E-state index contributed by atoms with van der Waals surface area (Å²) in [6.07, 6.45) is -2.27. The summed E-state index contributed by atoms with van der Waals surface area (Å²) in [5.74, 6) is -1.45. The van der Waals surface area contributed by atoms with Gasteiger partial charge in [-0.1, -0.05) is 0 Å². The van der Waals surface area contributed by atoms with Gasteiger partial charge in [0.05, 0.1) is 10.6 Å². The second-order valence-electron chi connectivity index (χ2n) is 5.58. The first-order valence-corrected chi connectivity index (χ1v) is 8.32. The Morgan fingerprint density at radius 2 is 2.12 bits per heavy atom. The minimum atomic E-state index is -1.28. The van der Waals surface area contributed by atoms with E-state index in [0.717, 1.165) is 6.07 Å². The number of benzene rings is 1. The molecule has 0 heterocycles. The number of ether oxygens (including phenoxy) is 1. The third-order valence-electron chi connectivity index (χ3n) is 3.63. The maximum Gasteiger partial charge on any atom is 0.247 e. The zero-order valence-electron chi connectivity index (χ0n) is 13.1. The minimum absolute atomic E-state index is 0.0135. The van der Waals surface area contributed by atoms with Crippen LogP contribution in [-0.2, 0) is 9.59 Å². The predicted octanol–water partition coefficient (Wildman–Crippen LogP) is 0.379. The van der Waals surface area contributed by atoms with Gasteiger partial charge < -0.3 is 26.0 Å². The van der Waals surface area contributed by atoms with E-state index in [1.807, 2.05) is 0 Å². The fourth-order valence-electron chi connectivity index (χ4n) is 2.33. The molecule has 0 radical (unpaired) electrons. The number of carbonyl (C=O) groups is 2. The van der Waals surface area contributed by atoms with Crippen molar-refractivity contribution in [3.8, 4) is 5.75 Å². The van der Waals surface area contributed by atoms with Crippen LogP contribution in [0.25, 0.3) is 0 Å². The highest BCUT2D eigenvalue weighted by Gasteiger charge is 2.34. The van der Waals surface area contributed by atoms with Gasteiger partial charge in [0.25, 0.3) is 0 Å². The Morgan fingerprint density at radius 1 is 1.40 bits per heavy atom. The highest BCUT2D eigenvalue weighted by Crippen LogP contribution is 2.30. The zero-order valence-corrected chi connectivity index (χ0v) is 14.7.